The average Bonchev–Trinajstić information content (AvgIpc) is 3.16. The van der Waals surface area contributed by atoms with Gasteiger partial charge in [-0.1, -0.05) is 0 Å². The van der Waals surface area contributed by atoms with Crippen molar-refractivity contribution < 1.29 is 28.6 Å². The quantitative estimate of drug-likeness (QED) is 0.568. The van der Waals surface area contributed by atoms with Crippen LogP contribution < -0.4 is 0 Å². The number of methoxy groups -OCH3 is 2. The number of aryl methyl sites for hydroxylation is 1. The van der Waals surface area contributed by atoms with Crippen molar-refractivity contribution in [3.05, 3.63) is 16.1 Å². The molecule has 8 nitrogen and oxygen atoms in total. The van der Waals surface area contributed by atoms with Crippen LogP contribution in [-0.4, -0.2) is 60.3 Å². The van der Waals surface area contributed by atoms with E-state index in [1.54, 1.807) is 20.8 Å². The van der Waals surface area contributed by atoms with Gasteiger partial charge in [0.25, 0.3) is 0 Å². The number of rotatable bonds is 4. The third kappa shape index (κ3) is 4.97. The molecule has 9 heteroatoms. The monoisotopic (exact) mass is 398 g/mol. The molecule has 1 amide bonds. The second-order valence-corrected chi connectivity index (χ2v) is 8.50. The molecule has 1 aliphatic rings. The maximum atomic E-state index is 12.7. The van der Waals surface area contributed by atoms with Crippen molar-refractivity contribution in [2.24, 2.45) is 5.92 Å². The van der Waals surface area contributed by atoms with Crippen LogP contribution in [0.2, 0.25) is 0 Å². The number of hydrogen-bond donors (Lipinski definition) is 0. The molecule has 0 aliphatic carbocycles. The fourth-order valence-corrected chi connectivity index (χ4v) is 3.91. The minimum Gasteiger partial charge on any atom is -0.469 e. The normalized spacial score (nSPS) is 22.4. The van der Waals surface area contributed by atoms with Crippen LogP contribution in [0.5, 0.6) is 0 Å². The summed E-state index contributed by atoms with van der Waals surface area (Å²) in [6.45, 7) is 7.34. The van der Waals surface area contributed by atoms with Crippen LogP contribution in [0.25, 0.3) is 0 Å². The standard InChI is InChI=1S/C18H26N2O6S/c1-10-19-13(9-27-10)12-8-20(17(23)26-18(2,3)4)15(16(22)25-6)11(12)7-14(21)24-5/h9,11-12,15H,7-8H2,1-6H3/t11-,12-,15-/m0/s1. The summed E-state index contributed by atoms with van der Waals surface area (Å²) in [5.74, 6) is -1.87. The third-order valence-electron chi connectivity index (χ3n) is 4.37. The van der Waals surface area contributed by atoms with Gasteiger partial charge in [-0.3, -0.25) is 9.69 Å². The SMILES string of the molecule is COC(=O)C[C@H]1[C@@H](c2csc(C)n2)CN(C(=O)OC(C)(C)C)[C@@H]1C(=O)OC. The molecule has 150 valence electrons. The Bertz CT molecular complexity index is 711. The fraction of sp³-hybridized carbons (Fsp3) is 0.667. The Morgan fingerprint density at radius 2 is 1.93 bits per heavy atom. The van der Waals surface area contributed by atoms with Gasteiger partial charge >= 0.3 is 18.0 Å². The van der Waals surface area contributed by atoms with E-state index in [1.807, 2.05) is 12.3 Å². The van der Waals surface area contributed by atoms with Gasteiger partial charge in [0.05, 0.1) is 31.3 Å². The second-order valence-electron chi connectivity index (χ2n) is 7.44. The molecule has 1 aromatic rings. The summed E-state index contributed by atoms with van der Waals surface area (Å²) in [7, 11) is 2.54. The van der Waals surface area contributed by atoms with Crippen molar-refractivity contribution in [2.45, 2.75) is 51.7 Å². The molecule has 0 bridgehead atoms. The van der Waals surface area contributed by atoms with Crippen molar-refractivity contribution in [3.8, 4) is 0 Å². The van der Waals surface area contributed by atoms with Gasteiger partial charge in [-0.2, -0.15) is 0 Å². The highest BCUT2D eigenvalue weighted by Crippen LogP contribution is 2.41. The lowest BCUT2D eigenvalue weighted by molar-refractivity contribution is -0.148. The zero-order chi connectivity index (χ0) is 20.4. The van der Waals surface area contributed by atoms with E-state index in [9.17, 15) is 14.4 Å². The molecule has 27 heavy (non-hydrogen) atoms. The molecule has 1 fully saturated rings. The Labute approximate surface area is 162 Å². The van der Waals surface area contributed by atoms with Crippen LogP contribution in [0.3, 0.4) is 0 Å². The van der Waals surface area contributed by atoms with Gasteiger partial charge < -0.3 is 14.2 Å². The number of nitrogens with zero attached hydrogens (tertiary/aromatic N) is 2. The number of likely N-dealkylation sites (tertiary alicyclic amines) is 1. The summed E-state index contributed by atoms with van der Waals surface area (Å²) in [6.07, 6.45) is -0.654. The Balaban J connectivity index is 2.42. The first-order valence-electron chi connectivity index (χ1n) is 8.63. The number of amides is 1. The van der Waals surface area contributed by atoms with Crippen LogP contribution in [0.4, 0.5) is 4.79 Å². The number of carbonyl (C=O) groups is 3. The summed E-state index contributed by atoms with van der Waals surface area (Å²) >= 11 is 1.47. The molecule has 1 aliphatic heterocycles. The van der Waals surface area contributed by atoms with Gasteiger partial charge in [-0.25, -0.2) is 14.6 Å². The van der Waals surface area contributed by atoms with Gasteiger partial charge in [0, 0.05) is 23.8 Å². The van der Waals surface area contributed by atoms with E-state index in [1.165, 1.54) is 30.5 Å². The largest absolute Gasteiger partial charge is 0.469 e. The molecule has 0 saturated carbocycles. The number of hydrogen-bond acceptors (Lipinski definition) is 8. The molecule has 0 radical (unpaired) electrons. The molecule has 0 N–H and O–H groups in total. The van der Waals surface area contributed by atoms with Gasteiger partial charge in [0.15, 0.2) is 0 Å². The second kappa shape index (κ2) is 8.24. The van der Waals surface area contributed by atoms with Gasteiger partial charge in [-0.05, 0) is 27.7 Å². The van der Waals surface area contributed by atoms with E-state index in [0.29, 0.717) is 0 Å². The van der Waals surface area contributed by atoms with Crippen molar-refractivity contribution in [1.29, 1.82) is 0 Å². The van der Waals surface area contributed by atoms with Crippen molar-refractivity contribution in [2.75, 3.05) is 20.8 Å². The topological polar surface area (TPSA) is 95.0 Å². The highest BCUT2D eigenvalue weighted by molar-refractivity contribution is 7.09. The molecular weight excluding hydrogens is 372 g/mol. The third-order valence-corrected chi connectivity index (χ3v) is 5.16. The zero-order valence-electron chi connectivity index (χ0n) is 16.5. The van der Waals surface area contributed by atoms with Crippen molar-refractivity contribution >= 4 is 29.4 Å². The minimum absolute atomic E-state index is 0.0309. The maximum Gasteiger partial charge on any atom is 0.411 e. The Kier molecular flexibility index (Phi) is 6.46. The Hall–Kier alpha value is -2.16. The van der Waals surface area contributed by atoms with E-state index >= 15 is 0 Å². The number of aromatic nitrogens is 1. The molecule has 3 atom stereocenters. The van der Waals surface area contributed by atoms with E-state index in [2.05, 4.69) is 4.98 Å². The van der Waals surface area contributed by atoms with Crippen LogP contribution in [0, 0.1) is 12.8 Å². The molecule has 1 aromatic heterocycles. The number of thiazole rings is 1. The van der Waals surface area contributed by atoms with Gasteiger partial charge in [-0.15, -0.1) is 11.3 Å². The number of carbonyl (C=O) groups excluding carboxylic acids is 3. The summed E-state index contributed by atoms with van der Waals surface area (Å²) in [5, 5.41) is 2.75. The Morgan fingerprint density at radius 3 is 2.41 bits per heavy atom. The Morgan fingerprint density at radius 1 is 1.26 bits per heavy atom. The van der Waals surface area contributed by atoms with Crippen molar-refractivity contribution in [1.82, 2.24) is 9.88 Å². The van der Waals surface area contributed by atoms with Crippen LogP contribution >= 0.6 is 11.3 Å². The highest BCUT2D eigenvalue weighted by Gasteiger charge is 2.51. The van der Waals surface area contributed by atoms with Crippen LogP contribution in [0.1, 0.15) is 43.8 Å². The van der Waals surface area contributed by atoms with Crippen molar-refractivity contribution in [3.63, 3.8) is 0 Å². The maximum absolute atomic E-state index is 12.7. The first-order chi connectivity index (χ1) is 12.6. The molecule has 0 spiro atoms. The molecule has 0 aromatic carbocycles. The van der Waals surface area contributed by atoms with E-state index in [0.717, 1.165) is 10.7 Å². The van der Waals surface area contributed by atoms with Gasteiger partial charge in [0.2, 0.25) is 0 Å². The fourth-order valence-electron chi connectivity index (χ4n) is 3.24. The van der Waals surface area contributed by atoms with E-state index < -0.39 is 35.6 Å². The van der Waals surface area contributed by atoms with Crippen LogP contribution in [0.15, 0.2) is 5.38 Å². The van der Waals surface area contributed by atoms with E-state index in [4.69, 9.17) is 14.2 Å². The number of esters is 2. The highest BCUT2D eigenvalue weighted by atomic mass is 32.1. The number of ether oxygens (including phenoxy) is 3. The minimum atomic E-state index is -0.948. The summed E-state index contributed by atoms with van der Waals surface area (Å²) in [4.78, 5) is 43.1. The first kappa shape index (κ1) is 21.1. The first-order valence-corrected chi connectivity index (χ1v) is 9.51. The summed E-state index contributed by atoms with van der Waals surface area (Å²) in [6, 6.07) is -0.948. The average molecular weight is 398 g/mol. The van der Waals surface area contributed by atoms with E-state index in [-0.39, 0.29) is 18.9 Å². The summed E-state index contributed by atoms with van der Waals surface area (Å²) in [5.41, 5.74) is 0.0246. The molecule has 2 heterocycles. The lowest BCUT2D eigenvalue weighted by Gasteiger charge is -2.28. The lowest BCUT2D eigenvalue weighted by Crippen LogP contribution is -2.46. The molecule has 2 rings (SSSR count). The zero-order valence-corrected chi connectivity index (χ0v) is 17.3. The predicted molar refractivity (Wildman–Crippen MR) is 98.5 cm³/mol. The lowest BCUT2D eigenvalue weighted by atomic mass is 9.86. The van der Waals surface area contributed by atoms with Crippen LogP contribution in [-0.2, 0) is 23.8 Å². The smallest absolute Gasteiger partial charge is 0.411 e. The predicted octanol–water partition coefficient (Wildman–Crippen LogP) is 2.51. The molecule has 1 saturated heterocycles. The molecule has 0 unspecified atom stereocenters. The van der Waals surface area contributed by atoms with Gasteiger partial charge in [0.1, 0.15) is 11.6 Å². The summed E-state index contributed by atoms with van der Waals surface area (Å²) < 4.78 is 15.2. The molecular formula is C18H26N2O6S.